The maximum atomic E-state index is 11.3. The number of hydrogen-bond acceptors (Lipinski definition) is 1. The van der Waals surface area contributed by atoms with Crippen LogP contribution in [-0.2, 0) is 11.2 Å². The van der Waals surface area contributed by atoms with Crippen LogP contribution in [0, 0.1) is 0 Å². The molecule has 0 aromatic heterocycles. The average molecular weight is 239 g/mol. The Hall–Kier alpha value is -2.09. The molecule has 2 aromatic rings. The van der Waals surface area contributed by atoms with Crippen LogP contribution in [0.25, 0.3) is 11.1 Å². The fraction of sp³-hybridized carbons (Fsp3) is 0.188. The molecule has 2 rings (SSSR count). The first-order valence-electron chi connectivity index (χ1n) is 6.15. The van der Waals surface area contributed by atoms with Crippen molar-refractivity contribution < 1.29 is 4.79 Å². The molecule has 0 saturated heterocycles. The zero-order valence-corrected chi connectivity index (χ0v) is 10.5. The van der Waals surface area contributed by atoms with Gasteiger partial charge in [-0.1, -0.05) is 54.6 Å². The van der Waals surface area contributed by atoms with Crippen LogP contribution >= 0.6 is 0 Å². The van der Waals surface area contributed by atoms with Crippen molar-refractivity contribution in [1.82, 2.24) is 5.32 Å². The topological polar surface area (TPSA) is 29.1 Å². The highest BCUT2D eigenvalue weighted by Crippen LogP contribution is 2.24. The van der Waals surface area contributed by atoms with Crippen molar-refractivity contribution in [3.8, 4) is 11.1 Å². The normalized spacial score (nSPS) is 10.1. The molecule has 0 saturated carbocycles. The van der Waals surface area contributed by atoms with E-state index in [-0.39, 0.29) is 5.91 Å². The van der Waals surface area contributed by atoms with Gasteiger partial charge in [-0.05, 0) is 23.1 Å². The van der Waals surface area contributed by atoms with Crippen molar-refractivity contribution in [3.05, 3.63) is 60.2 Å². The summed E-state index contributed by atoms with van der Waals surface area (Å²) >= 11 is 0. The van der Waals surface area contributed by atoms with Gasteiger partial charge in [-0.25, -0.2) is 0 Å². The molecule has 0 aliphatic rings. The van der Waals surface area contributed by atoms with E-state index in [0.717, 1.165) is 6.42 Å². The van der Waals surface area contributed by atoms with E-state index in [1.807, 2.05) is 30.3 Å². The largest absolute Gasteiger partial charge is 0.359 e. The molecule has 92 valence electrons. The van der Waals surface area contributed by atoms with Gasteiger partial charge >= 0.3 is 0 Å². The second-order valence-electron chi connectivity index (χ2n) is 4.20. The summed E-state index contributed by atoms with van der Waals surface area (Å²) in [5, 5.41) is 2.66. The summed E-state index contributed by atoms with van der Waals surface area (Å²) in [6.07, 6.45) is 1.30. The lowest BCUT2D eigenvalue weighted by atomic mass is 9.97. The summed E-state index contributed by atoms with van der Waals surface area (Å²) < 4.78 is 0. The fourth-order valence-electron chi connectivity index (χ4n) is 2.01. The number of amides is 1. The molecule has 2 heteroatoms. The Kier molecular flexibility index (Phi) is 4.13. The van der Waals surface area contributed by atoms with Crippen LogP contribution in [0.1, 0.15) is 12.0 Å². The molecule has 1 amide bonds. The first-order valence-corrected chi connectivity index (χ1v) is 6.15. The van der Waals surface area contributed by atoms with Gasteiger partial charge in [0, 0.05) is 13.5 Å². The standard InChI is InChI=1S/C16H17NO/c1-17-16(18)12-11-14-9-5-6-10-15(14)13-7-3-2-4-8-13/h2-10H,11-12H2,1H3,(H,17,18). The Labute approximate surface area is 108 Å². The highest BCUT2D eigenvalue weighted by molar-refractivity contribution is 5.76. The zero-order chi connectivity index (χ0) is 12.8. The summed E-state index contributed by atoms with van der Waals surface area (Å²) in [6.45, 7) is 0. The highest BCUT2D eigenvalue weighted by Gasteiger charge is 2.06. The van der Waals surface area contributed by atoms with Crippen molar-refractivity contribution in [2.24, 2.45) is 0 Å². The van der Waals surface area contributed by atoms with Gasteiger partial charge in [0.25, 0.3) is 0 Å². The Morgan fingerprint density at radius 1 is 1.00 bits per heavy atom. The summed E-state index contributed by atoms with van der Waals surface area (Å²) in [5.41, 5.74) is 3.62. The van der Waals surface area contributed by atoms with E-state index in [0.29, 0.717) is 6.42 Å². The van der Waals surface area contributed by atoms with Gasteiger partial charge in [-0.2, -0.15) is 0 Å². The van der Waals surface area contributed by atoms with E-state index < -0.39 is 0 Å². The Morgan fingerprint density at radius 2 is 1.67 bits per heavy atom. The molecule has 0 bridgehead atoms. The molecule has 0 heterocycles. The van der Waals surface area contributed by atoms with E-state index in [9.17, 15) is 4.79 Å². The maximum Gasteiger partial charge on any atom is 0.220 e. The first kappa shape index (κ1) is 12.4. The van der Waals surface area contributed by atoms with Gasteiger partial charge in [0.1, 0.15) is 0 Å². The van der Waals surface area contributed by atoms with Gasteiger partial charge in [-0.15, -0.1) is 0 Å². The molecule has 1 N–H and O–H groups in total. The Bertz CT molecular complexity index is 520. The van der Waals surface area contributed by atoms with Crippen LogP contribution in [0.3, 0.4) is 0 Å². The van der Waals surface area contributed by atoms with E-state index in [4.69, 9.17) is 0 Å². The van der Waals surface area contributed by atoms with Gasteiger partial charge in [0.05, 0.1) is 0 Å². The van der Waals surface area contributed by atoms with E-state index in [1.54, 1.807) is 7.05 Å². The van der Waals surface area contributed by atoms with E-state index in [1.165, 1.54) is 16.7 Å². The molecule has 0 radical (unpaired) electrons. The summed E-state index contributed by atoms with van der Waals surface area (Å²) in [5.74, 6) is 0.0814. The number of nitrogens with one attached hydrogen (secondary N) is 1. The third kappa shape index (κ3) is 2.98. The SMILES string of the molecule is CNC(=O)CCc1ccccc1-c1ccccc1. The molecule has 2 nitrogen and oxygen atoms in total. The van der Waals surface area contributed by atoms with Gasteiger partial charge in [0.15, 0.2) is 0 Å². The molecule has 0 aliphatic heterocycles. The van der Waals surface area contributed by atoms with Crippen molar-refractivity contribution in [2.75, 3.05) is 7.05 Å². The predicted molar refractivity (Wildman–Crippen MR) is 74.3 cm³/mol. The molecule has 0 fully saturated rings. The van der Waals surface area contributed by atoms with E-state index >= 15 is 0 Å². The molecule has 0 spiro atoms. The third-order valence-electron chi connectivity index (χ3n) is 3.00. The molecule has 0 unspecified atom stereocenters. The second-order valence-corrected chi connectivity index (χ2v) is 4.20. The maximum absolute atomic E-state index is 11.3. The number of rotatable bonds is 4. The molecule has 18 heavy (non-hydrogen) atoms. The quantitative estimate of drug-likeness (QED) is 0.873. The van der Waals surface area contributed by atoms with Gasteiger partial charge in [-0.3, -0.25) is 4.79 Å². The Balaban J connectivity index is 2.24. The van der Waals surface area contributed by atoms with Crippen molar-refractivity contribution in [1.29, 1.82) is 0 Å². The summed E-state index contributed by atoms with van der Waals surface area (Å²) in [7, 11) is 1.67. The number of benzene rings is 2. The van der Waals surface area contributed by atoms with Gasteiger partial charge in [0.2, 0.25) is 5.91 Å². The van der Waals surface area contributed by atoms with E-state index in [2.05, 4.69) is 29.6 Å². The predicted octanol–water partition coefficient (Wildman–Crippen LogP) is 3.03. The lowest BCUT2D eigenvalue weighted by Crippen LogP contribution is -2.18. The minimum Gasteiger partial charge on any atom is -0.359 e. The fourth-order valence-corrected chi connectivity index (χ4v) is 2.01. The number of hydrogen-bond donors (Lipinski definition) is 1. The lowest BCUT2D eigenvalue weighted by Gasteiger charge is -2.09. The van der Waals surface area contributed by atoms with Crippen molar-refractivity contribution in [3.63, 3.8) is 0 Å². The number of carbonyl (C=O) groups is 1. The minimum atomic E-state index is 0.0814. The average Bonchev–Trinajstić information content (AvgIpc) is 2.46. The molecular formula is C16H17NO. The molecule has 0 aliphatic carbocycles. The molecular weight excluding hydrogens is 222 g/mol. The van der Waals surface area contributed by atoms with Crippen LogP contribution < -0.4 is 5.32 Å². The van der Waals surface area contributed by atoms with Crippen molar-refractivity contribution in [2.45, 2.75) is 12.8 Å². The van der Waals surface area contributed by atoms with Crippen LogP contribution in [-0.4, -0.2) is 13.0 Å². The van der Waals surface area contributed by atoms with Crippen LogP contribution in [0.5, 0.6) is 0 Å². The molecule has 2 aromatic carbocycles. The summed E-state index contributed by atoms with van der Waals surface area (Å²) in [6, 6.07) is 18.5. The number of carbonyl (C=O) groups excluding carboxylic acids is 1. The smallest absolute Gasteiger partial charge is 0.220 e. The van der Waals surface area contributed by atoms with Crippen LogP contribution in [0.2, 0.25) is 0 Å². The van der Waals surface area contributed by atoms with Crippen LogP contribution in [0.15, 0.2) is 54.6 Å². The Morgan fingerprint density at radius 3 is 2.39 bits per heavy atom. The zero-order valence-electron chi connectivity index (χ0n) is 10.5. The lowest BCUT2D eigenvalue weighted by molar-refractivity contribution is -0.120. The van der Waals surface area contributed by atoms with Crippen LogP contribution in [0.4, 0.5) is 0 Å². The van der Waals surface area contributed by atoms with Gasteiger partial charge < -0.3 is 5.32 Å². The first-order chi connectivity index (χ1) is 8.81. The highest BCUT2D eigenvalue weighted by atomic mass is 16.1. The third-order valence-corrected chi connectivity index (χ3v) is 3.00. The number of aryl methyl sites for hydroxylation is 1. The van der Waals surface area contributed by atoms with Crippen molar-refractivity contribution >= 4 is 5.91 Å². The minimum absolute atomic E-state index is 0.0814. The monoisotopic (exact) mass is 239 g/mol. The summed E-state index contributed by atoms with van der Waals surface area (Å²) in [4.78, 5) is 11.3. The second kappa shape index (κ2) is 6.01. The molecule has 0 atom stereocenters.